The predicted octanol–water partition coefficient (Wildman–Crippen LogP) is 4.92. The van der Waals surface area contributed by atoms with E-state index in [2.05, 4.69) is 10.2 Å². The van der Waals surface area contributed by atoms with Crippen molar-refractivity contribution in [3.05, 3.63) is 85.2 Å². The molecule has 0 aliphatic carbocycles. The number of halogens is 1. The highest BCUT2D eigenvalue weighted by Crippen LogP contribution is 2.42. The van der Waals surface area contributed by atoms with Crippen LogP contribution in [-0.4, -0.2) is 16.1 Å². The van der Waals surface area contributed by atoms with Crippen LogP contribution in [0.5, 0.6) is 0 Å². The number of benzene rings is 2. The fraction of sp³-hybridized carbons (Fsp3) is 0.182. The van der Waals surface area contributed by atoms with E-state index < -0.39 is 11.9 Å². The molecule has 150 valence electrons. The maximum Gasteiger partial charge on any atom is 0.297 e. The summed E-state index contributed by atoms with van der Waals surface area (Å²) in [4.78, 5) is 28.4. The van der Waals surface area contributed by atoms with Gasteiger partial charge in [-0.05, 0) is 43.2 Å². The molecule has 0 unspecified atom stereocenters. The van der Waals surface area contributed by atoms with Gasteiger partial charge in [0.05, 0.1) is 17.0 Å². The molecule has 1 atom stereocenters. The lowest BCUT2D eigenvalue weighted by molar-refractivity contribution is 0.0970. The summed E-state index contributed by atoms with van der Waals surface area (Å²) >= 11 is 7.40. The Morgan fingerprint density at radius 3 is 2.60 bits per heavy atom. The van der Waals surface area contributed by atoms with E-state index >= 15 is 0 Å². The van der Waals surface area contributed by atoms with Crippen LogP contribution >= 0.6 is 22.9 Å². The van der Waals surface area contributed by atoms with Crippen LogP contribution in [0.3, 0.4) is 0 Å². The normalized spacial score (nSPS) is 15.8. The maximum atomic E-state index is 13.5. The molecule has 0 spiro atoms. The molecule has 1 aliphatic heterocycles. The Kier molecular flexibility index (Phi) is 4.45. The van der Waals surface area contributed by atoms with Crippen molar-refractivity contribution in [2.24, 2.45) is 0 Å². The smallest absolute Gasteiger partial charge is 0.297 e. The van der Waals surface area contributed by atoms with E-state index in [0.717, 1.165) is 16.1 Å². The van der Waals surface area contributed by atoms with Crippen LogP contribution < -0.4 is 10.3 Å². The summed E-state index contributed by atoms with van der Waals surface area (Å²) in [7, 11) is 0. The van der Waals surface area contributed by atoms with E-state index in [1.165, 1.54) is 16.2 Å². The number of aryl methyl sites for hydroxylation is 2. The molecular formula is C22H16ClN3O3S. The predicted molar refractivity (Wildman–Crippen MR) is 117 cm³/mol. The van der Waals surface area contributed by atoms with Gasteiger partial charge >= 0.3 is 0 Å². The molecule has 0 saturated heterocycles. The van der Waals surface area contributed by atoms with Crippen molar-refractivity contribution in [2.45, 2.75) is 26.3 Å². The van der Waals surface area contributed by atoms with E-state index in [1.54, 1.807) is 24.3 Å². The Morgan fingerprint density at radius 2 is 1.90 bits per heavy atom. The van der Waals surface area contributed by atoms with Crippen molar-refractivity contribution < 1.29 is 9.21 Å². The summed E-state index contributed by atoms with van der Waals surface area (Å²) in [5, 5.41) is 10.6. The highest BCUT2D eigenvalue weighted by molar-refractivity contribution is 7.15. The zero-order chi connectivity index (χ0) is 21.0. The van der Waals surface area contributed by atoms with Crippen molar-refractivity contribution in [3.8, 4) is 0 Å². The zero-order valence-electron chi connectivity index (χ0n) is 16.2. The Bertz CT molecular complexity index is 1360. The Hall–Kier alpha value is -3.03. The molecule has 0 fully saturated rings. The van der Waals surface area contributed by atoms with E-state index in [0.29, 0.717) is 33.1 Å². The second kappa shape index (κ2) is 7.04. The molecule has 8 heteroatoms. The lowest BCUT2D eigenvalue weighted by Crippen LogP contribution is -2.29. The number of rotatable bonds is 3. The SMILES string of the molecule is CCc1nnc(N2C(=O)c3oc4ccc(C)cc4c(=O)c3[C@@H]2c2ccc(Cl)cc2)s1. The molecule has 4 aromatic rings. The number of carbonyl (C=O) groups is 1. The molecule has 6 nitrogen and oxygen atoms in total. The second-order valence-corrected chi connectivity index (χ2v) is 8.61. The van der Waals surface area contributed by atoms with E-state index in [1.807, 2.05) is 32.0 Å². The van der Waals surface area contributed by atoms with Gasteiger partial charge in [-0.25, -0.2) is 0 Å². The van der Waals surface area contributed by atoms with E-state index in [-0.39, 0.29) is 11.2 Å². The first-order valence-corrected chi connectivity index (χ1v) is 10.7. The Labute approximate surface area is 180 Å². The highest BCUT2D eigenvalue weighted by atomic mass is 35.5. The minimum Gasteiger partial charge on any atom is -0.450 e. The fourth-order valence-corrected chi connectivity index (χ4v) is 4.66. The molecule has 0 radical (unpaired) electrons. The second-order valence-electron chi connectivity index (χ2n) is 7.13. The van der Waals surface area contributed by atoms with Crippen molar-refractivity contribution >= 4 is 44.9 Å². The molecule has 1 amide bonds. The minimum absolute atomic E-state index is 0.0459. The molecule has 0 N–H and O–H groups in total. The van der Waals surface area contributed by atoms with Crippen LogP contribution in [0.15, 0.2) is 51.7 Å². The van der Waals surface area contributed by atoms with Crippen molar-refractivity contribution in [1.82, 2.24) is 10.2 Å². The molecule has 5 rings (SSSR count). The summed E-state index contributed by atoms with van der Waals surface area (Å²) in [6.45, 7) is 3.88. The monoisotopic (exact) mass is 437 g/mol. The number of nitrogens with zero attached hydrogens (tertiary/aromatic N) is 3. The van der Waals surface area contributed by atoms with Crippen LogP contribution in [0, 0.1) is 6.92 Å². The lowest BCUT2D eigenvalue weighted by Gasteiger charge is -2.22. The summed E-state index contributed by atoms with van der Waals surface area (Å²) in [6, 6.07) is 11.8. The van der Waals surface area contributed by atoms with Gasteiger partial charge in [-0.2, -0.15) is 0 Å². The summed E-state index contributed by atoms with van der Waals surface area (Å²) in [6.07, 6.45) is 0.707. The standard InChI is InChI=1S/C22H16ClN3O3S/c1-3-16-24-25-22(30-16)26-18(12-5-7-13(23)8-6-12)17-19(27)14-10-11(2)4-9-15(14)29-20(17)21(26)28/h4-10,18H,3H2,1-2H3/t18-/m0/s1. The maximum absolute atomic E-state index is 13.5. The van der Waals surface area contributed by atoms with Crippen molar-refractivity contribution in [1.29, 1.82) is 0 Å². The number of amides is 1. The quantitative estimate of drug-likeness (QED) is 0.454. The zero-order valence-corrected chi connectivity index (χ0v) is 17.8. The van der Waals surface area contributed by atoms with Gasteiger partial charge in [-0.1, -0.05) is 53.6 Å². The van der Waals surface area contributed by atoms with Gasteiger partial charge in [0.25, 0.3) is 5.91 Å². The van der Waals surface area contributed by atoms with Gasteiger partial charge in [-0.15, -0.1) is 10.2 Å². The Balaban J connectivity index is 1.80. The molecule has 0 saturated carbocycles. The molecule has 3 heterocycles. The molecular weight excluding hydrogens is 422 g/mol. The van der Waals surface area contributed by atoms with Gasteiger partial charge in [-0.3, -0.25) is 14.5 Å². The molecule has 2 aromatic heterocycles. The van der Waals surface area contributed by atoms with Gasteiger partial charge in [0.2, 0.25) is 10.9 Å². The highest BCUT2D eigenvalue weighted by Gasteiger charge is 2.45. The third kappa shape index (κ3) is 2.85. The first kappa shape index (κ1) is 19.0. The lowest BCUT2D eigenvalue weighted by atomic mass is 9.98. The van der Waals surface area contributed by atoms with E-state index in [9.17, 15) is 9.59 Å². The molecule has 1 aliphatic rings. The van der Waals surface area contributed by atoms with Crippen molar-refractivity contribution in [2.75, 3.05) is 4.90 Å². The van der Waals surface area contributed by atoms with Crippen LogP contribution in [0.2, 0.25) is 5.02 Å². The summed E-state index contributed by atoms with van der Waals surface area (Å²) < 4.78 is 5.95. The molecule has 2 aromatic carbocycles. The Morgan fingerprint density at radius 1 is 1.13 bits per heavy atom. The van der Waals surface area contributed by atoms with Gasteiger partial charge in [0, 0.05) is 5.02 Å². The van der Waals surface area contributed by atoms with Crippen LogP contribution in [0.25, 0.3) is 11.0 Å². The number of hydrogen-bond donors (Lipinski definition) is 0. The van der Waals surface area contributed by atoms with Crippen LogP contribution in [-0.2, 0) is 6.42 Å². The summed E-state index contributed by atoms with van der Waals surface area (Å²) in [5.41, 5.74) is 2.18. The van der Waals surface area contributed by atoms with Crippen LogP contribution in [0.4, 0.5) is 5.13 Å². The minimum atomic E-state index is -0.663. The number of anilines is 1. The van der Waals surface area contributed by atoms with Gasteiger partial charge < -0.3 is 4.42 Å². The number of aromatic nitrogens is 2. The van der Waals surface area contributed by atoms with Crippen LogP contribution in [0.1, 0.15) is 45.2 Å². The fourth-order valence-electron chi connectivity index (χ4n) is 3.73. The average molecular weight is 438 g/mol. The van der Waals surface area contributed by atoms with E-state index in [4.69, 9.17) is 16.0 Å². The molecule has 0 bridgehead atoms. The number of carbonyl (C=O) groups excluding carboxylic acids is 1. The van der Waals surface area contributed by atoms with Gasteiger partial charge in [0.1, 0.15) is 10.6 Å². The third-order valence-corrected chi connectivity index (χ3v) is 6.49. The average Bonchev–Trinajstić information content (AvgIpc) is 3.32. The topological polar surface area (TPSA) is 76.3 Å². The number of hydrogen-bond acceptors (Lipinski definition) is 6. The number of fused-ring (bicyclic) bond motifs is 2. The van der Waals surface area contributed by atoms with Crippen molar-refractivity contribution in [3.63, 3.8) is 0 Å². The first-order chi connectivity index (χ1) is 14.5. The first-order valence-electron chi connectivity index (χ1n) is 9.46. The van der Waals surface area contributed by atoms with Gasteiger partial charge in [0.15, 0.2) is 5.43 Å². The summed E-state index contributed by atoms with van der Waals surface area (Å²) in [5.74, 6) is -0.354. The third-order valence-electron chi connectivity index (χ3n) is 5.18. The largest absolute Gasteiger partial charge is 0.450 e. The molecule has 30 heavy (non-hydrogen) atoms.